The Hall–Kier alpha value is -1.49. The zero-order valence-corrected chi connectivity index (χ0v) is 11.6. The standard InChI is InChI=1S/C12H19ClN4O/c1-7(2)5-16-12(18)8(3)17-11-10(13)4-9(14)6-15-11/h4,6-8H,5,14H2,1-3H3,(H,15,17)(H,16,18). The summed E-state index contributed by atoms with van der Waals surface area (Å²) in [6.45, 7) is 6.48. The van der Waals surface area contributed by atoms with Gasteiger partial charge in [-0.3, -0.25) is 4.79 Å². The summed E-state index contributed by atoms with van der Waals surface area (Å²) >= 11 is 5.97. The number of carbonyl (C=O) groups is 1. The molecule has 1 unspecified atom stereocenters. The smallest absolute Gasteiger partial charge is 0.242 e. The molecule has 0 fully saturated rings. The zero-order valence-electron chi connectivity index (χ0n) is 10.8. The van der Waals surface area contributed by atoms with Crippen LogP contribution < -0.4 is 16.4 Å². The summed E-state index contributed by atoms with van der Waals surface area (Å²) in [6.07, 6.45) is 1.49. The third kappa shape index (κ3) is 4.41. The number of rotatable bonds is 5. The van der Waals surface area contributed by atoms with E-state index in [4.69, 9.17) is 17.3 Å². The monoisotopic (exact) mass is 270 g/mol. The quantitative estimate of drug-likeness (QED) is 0.763. The van der Waals surface area contributed by atoms with Crippen LogP contribution in [0.1, 0.15) is 20.8 Å². The Morgan fingerprint density at radius 1 is 1.50 bits per heavy atom. The number of carbonyl (C=O) groups excluding carboxylic acids is 1. The van der Waals surface area contributed by atoms with Gasteiger partial charge < -0.3 is 16.4 Å². The molecule has 0 aliphatic rings. The van der Waals surface area contributed by atoms with E-state index in [2.05, 4.69) is 15.6 Å². The van der Waals surface area contributed by atoms with Crippen molar-refractivity contribution in [3.8, 4) is 0 Å². The summed E-state index contributed by atoms with van der Waals surface area (Å²) in [5.74, 6) is 0.788. The largest absolute Gasteiger partial charge is 0.397 e. The molecule has 1 amide bonds. The summed E-state index contributed by atoms with van der Waals surface area (Å²) in [7, 11) is 0. The molecule has 1 rings (SSSR count). The van der Waals surface area contributed by atoms with Crippen LogP contribution in [0, 0.1) is 5.92 Å². The molecule has 1 aromatic heterocycles. The number of hydrogen-bond acceptors (Lipinski definition) is 4. The van der Waals surface area contributed by atoms with Crippen LogP contribution in [-0.4, -0.2) is 23.5 Å². The molecule has 0 bridgehead atoms. The lowest BCUT2D eigenvalue weighted by atomic mass is 10.2. The molecule has 1 atom stereocenters. The summed E-state index contributed by atoms with van der Waals surface area (Å²) in [6, 6.07) is 1.19. The van der Waals surface area contributed by atoms with Gasteiger partial charge in [-0.2, -0.15) is 0 Å². The fraction of sp³-hybridized carbons (Fsp3) is 0.500. The lowest BCUT2D eigenvalue weighted by molar-refractivity contribution is -0.121. The molecule has 0 saturated carbocycles. The highest BCUT2D eigenvalue weighted by Crippen LogP contribution is 2.21. The minimum atomic E-state index is -0.405. The minimum absolute atomic E-state index is 0.0848. The topological polar surface area (TPSA) is 80.0 Å². The van der Waals surface area contributed by atoms with Crippen LogP contribution >= 0.6 is 11.6 Å². The van der Waals surface area contributed by atoms with E-state index >= 15 is 0 Å². The first-order valence-electron chi connectivity index (χ1n) is 5.85. The Kier molecular flexibility index (Phi) is 5.22. The van der Waals surface area contributed by atoms with Crippen molar-refractivity contribution in [1.82, 2.24) is 10.3 Å². The first-order valence-corrected chi connectivity index (χ1v) is 6.23. The predicted molar refractivity (Wildman–Crippen MR) is 74.6 cm³/mol. The van der Waals surface area contributed by atoms with E-state index in [0.29, 0.717) is 29.0 Å². The average molecular weight is 271 g/mol. The van der Waals surface area contributed by atoms with Gasteiger partial charge in [-0.1, -0.05) is 25.4 Å². The maximum atomic E-state index is 11.8. The molecule has 1 aromatic rings. The normalized spacial score (nSPS) is 12.3. The van der Waals surface area contributed by atoms with Gasteiger partial charge in [0.15, 0.2) is 0 Å². The van der Waals surface area contributed by atoms with Crippen LogP contribution in [0.15, 0.2) is 12.3 Å². The van der Waals surface area contributed by atoms with E-state index in [1.807, 2.05) is 13.8 Å². The van der Waals surface area contributed by atoms with Crippen LogP contribution in [-0.2, 0) is 4.79 Å². The number of nitrogen functional groups attached to an aromatic ring is 1. The second-order valence-corrected chi connectivity index (χ2v) is 5.01. The zero-order chi connectivity index (χ0) is 13.7. The van der Waals surface area contributed by atoms with Crippen LogP contribution in [0.5, 0.6) is 0 Å². The Balaban J connectivity index is 2.58. The van der Waals surface area contributed by atoms with E-state index in [1.165, 1.54) is 6.20 Å². The first kappa shape index (κ1) is 14.6. The summed E-state index contributed by atoms with van der Waals surface area (Å²) in [5, 5.41) is 6.19. The maximum absolute atomic E-state index is 11.8. The second-order valence-electron chi connectivity index (χ2n) is 4.60. The number of hydrogen-bond donors (Lipinski definition) is 3. The van der Waals surface area contributed by atoms with E-state index in [9.17, 15) is 4.79 Å². The van der Waals surface area contributed by atoms with Crippen LogP contribution in [0.4, 0.5) is 11.5 Å². The lowest BCUT2D eigenvalue weighted by Gasteiger charge is -2.16. The molecule has 100 valence electrons. The van der Waals surface area contributed by atoms with Gasteiger partial charge in [0.05, 0.1) is 16.9 Å². The summed E-state index contributed by atoms with van der Waals surface area (Å²) in [4.78, 5) is 15.8. The van der Waals surface area contributed by atoms with Crippen molar-refractivity contribution < 1.29 is 4.79 Å². The Morgan fingerprint density at radius 3 is 2.72 bits per heavy atom. The fourth-order valence-corrected chi connectivity index (χ4v) is 1.52. The molecule has 5 nitrogen and oxygen atoms in total. The predicted octanol–water partition coefficient (Wildman–Crippen LogP) is 1.89. The van der Waals surface area contributed by atoms with E-state index in [-0.39, 0.29) is 5.91 Å². The Morgan fingerprint density at radius 2 is 2.17 bits per heavy atom. The number of nitrogens with one attached hydrogen (secondary N) is 2. The highest BCUT2D eigenvalue weighted by atomic mass is 35.5. The van der Waals surface area contributed by atoms with Gasteiger partial charge in [-0.05, 0) is 18.9 Å². The average Bonchev–Trinajstić information content (AvgIpc) is 2.29. The Bertz CT molecular complexity index is 423. The summed E-state index contributed by atoms with van der Waals surface area (Å²) in [5.41, 5.74) is 6.03. The van der Waals surface area contributed by atoms with Gasteiger partial charge in [0.1, 0.15) is 11.9 Å². The molecule has 4 N–H and O–H groups in total. The molecule has 0 saturated heterocycles. The lowest BCUT2D eigenvalue weighted by Crippen LogP contribution is -2.39. The number of halogens is 1. The molecule has 6 heteroatoms. The van der Waals surface area contributed by atoms with E-state index in [1.54, 1.807) is 13.0 Å². The molecular formula is C12H19ClN4O. The minimum Gasteiger partial charge on any atom is -0.397 e. The highest BCUT2D eigenvalue weighted by Gasteiger charge is 2.14. The number of nitrogens with two attached hydrogens (primary N) is 1. The van der Waals surface area contributed by atoms with Gasteiger partial charge >= 0.3 is 0 Å². The van der Waals surface area contributed by atoms with Gasteiger partial charge in [0.2, 0.25) is 5.91 Å². The van der Waals surface area contributed by atoms with Crippen molar-refractivity contribution in [2.45, 2.75) is 26.8 Å². The molecule has 0 aliphatic heterocycles. The second kappa shape index (κ2) is 6.44. The number of aromatic nitrogens is 1. The summed E-state index contributed by atoms with van der Waals surface area (Å²) < 4.78 is 0. The number of anilines is 2. The van der Waals surface area contributed by atoms with Crippen molar-refractivity contribution in [3.63, 3.8) is 0 Å². The van der Waals surface area contributed by atoms with E-state index in [0.717, 1.165) is 0 Å². The Labute approximate surface area is 112 Å². The van der Waals surface area contributed by atoms with Gasteiger partial charge in [0.25, 0.3) is 0 Å². The SMILES string of the molecule is CC(C)CNC(=O)C(C)Nc1ncc(N)cc1Cl. The third-order valence-corrected chi connectivity index (χ3v) is 2.58. The number of nitrogens with zero attached hydrogens (tertiary/aromatic N) is 1. The van der Waals surface area contributed by atoms with Gasteiger partial charge in [-0.25, -0.2) is 4.98 Å². The van der Waals surface area contributed by atoms with Gasteiger partial charge in [-0.15, -0.1) is 0 Å². The van der Waals surface area contributed by atoms with Gasteiger partial charge in [0, 0.05) is 6.54 Å². The van der Waals surface area contributed by atoms with Crippen LogP contribution in [0.3, 0.4) is 0 Å². The van der Waals surface area contributed by atoms with Crippen molar-refractivity contribution >= 4 is 29.0 Å². The molecule has 0 spiro atoms. The van der Waals surface area contributed by atoms with Crippen molar-refractivity contribution in [2.75, 3.05) is 17.6 Å². The van der Waals surface area contributed by atoms with Crippen molar-refractivity contribution in [2.24, 2.45) is 5.92 Å². The number of amides is 1. The molecule has 1 heterocycles. The fourth-order valence-electron chi connectivity index (χ4n) is 1.29. The first-order chi connectivity index (χ1) is 8.40. The molecule has 0 aromatic carbocycles. The highest BCUT2D eigenvalue weighted by molar-refractivity contribution is 6.33. The third-order valence-electron chi connectivity index (χ3n) is 2.29. The van der Waals surface area contributed by atoms with Crippen molar-refractivity contribution in [1.29, 1.82) is 0 Å². The van der Waals surface area contributed by atoms with Crippen LogP contribution in [0.2, 0.25) is 5.02 Å². The molecular weight excluding hydrogens is 252 g/mol. The molecule has 0 radical (unpaired) electrons. The van der Waals surface area contributed by atoms with Crippen LogP contribution in [0.25, 0.3) is 0 Å². The molecule has 0 aliphatic carbocycles. The number of pyridine rings is 1. The van der Waals surface area contributed by atoms with Crippen molar-refractivity contribution in [3.05, 3.63) is 17.3 Å². The maximum Gasteiger partial charge on any atom is 0.242 e. The van der Waals surface area contributed by atoms with E-state index < -0.39 is 6.04 Å². The molecule has 18 heavy (non-hydrogen) atoms.